The zero-order chi connectivity index (χ0) is 16.8. The third kappa shape index (κ3) is 5.34. The van der Waals surface area contributed by atoms with Gasteiger partial charge in [0.15, 0.2) is 0 Å². The molecule has 0 atom stereocenters. The van der Waals surface area contributed by atoms with E-state index in [1.165, 1.54) is 30.4 Å². The van der Waals surface area contributed by atoms with E-state index < -0.39 is 0 Å². The number of allylic oxidation sites excluding steroid dienone is 9. The Balaban J connectivity index is 2.82. The van der Waals surface area contributed by atoms with E-state index in [-0.39, 0.29) is 17.8 Å². The van der Waals surface area contributed by atoms with Crippen LogP contribution in [0.3, 0.4) is 0 Å². The van der Waals surface area contributed by atoms with Crippen molar-refractivity contribution >= 4 is 0 Å². The zero-order valence-corrected chi connectivity index (χ0v) is 14.6. The predicted molar refractivity (Wildman–Crippen MR) is 94.8 cm³/mol. The number of rotatable bonds is 5. The Hall–Kier alpha value is -1.54. The third-order valence-corrected chi connectivity index (χ3v) is 4.37. The van der Waals surface area contributed by atoms with Gasteiger partial charge in [-0.15, -0.1) is 0 Å². The molecule has 0 aliphatic heterocycles. The van der Waals surface area contributed by atoms with Crippen LogP contribution in [-0.2, 0) is 0 Å². The Morgan fingerprint density at radius 2 is 1.91 bits per heavy atom. The van der Waals surface area contributed by atoms with E-state index in [0.29, 0.717) is 5.57 Å². The largest absolute Gasteiger partial charge is 0.510 e. The SMILES string of the molecule is CC1=C(\C=C/C(C)=C\C=C/C(C)=C(\O)CO)C(C)(C)CCC1. The summed E-state index contributed by atoms with van der Waals surface area (Å²) in [5.74, 6) is 0.0163. The molecular weight excluding hydrogens is 272 g/mol. The van der Waals surface area contributed by atoms with Crippen LogP contribution in [0.5, 0.6) is 0 Å². The third-order valence-electron chi connectivity index (χ3n) is 4.37. The molecular formula is C20H30O2. The Kier molecular flexibility index (Phi) is 6.89. The Labute approximate surface area is 135 Å². The first kappa shape index (κ1) is 18.5. The van der Waals surface area contributed by atoms with Crippen LogP contribution in [0, 0.1) is 5.41 Å². The molecule has 1 aliphatic carbocycles. The molecule has 0 aromatic rings. The smallest absolute Gasteiger partial charge is 0.121 e. The van der Waals surface area contributed by atoms with Gasteiger partial charge in [0.2, 0.25) is 0 Å². The van der Waals surface area contributed by atoms with E-state index in [9.17, 15) is 5.11 Å². The fraction of sp³-hybridized carbons (Fsp3) is 0.500. The second-order valence-electron chi connectivity index (χ2n) is 6.82. The van der Waals surface area contributed by atoms with Crippen molar-refractivity contribution < 1.29 is 10.2 Å². The molecule has 0 amide bonds. The lowest BCUT2D eigenvalue weighted by Gasteiger charge is -2.32. The normalized spacial score (nSPS) is 20.9. The summed E-state index contributed by atoms with van der Waals surface area (Å²) in [6.07, 6.45) is 13.9. The van der Waals surface area contributed by atoms with Crippen molar-refractivity contribution in [3.05, 3.63) is 58.4 Å². The van der Waals surface area contributed by atoms with Crippen molar-refractivity contribution in [1.82, 2.24) is 0 Å². The standard InChI is InChI=1S/C20H30O2/c1-15(8-6-9-17(3)19(22)14-21)11-12-18-16(2)10-7-13-20(18,4)5/h6,8-9,11-12,21-22H,7,10,13-14H2,1-5H3/b9-6-,12-11-,15-8-,19-17-. The second kappa shape index (κ2) is 8.19. The highest BCUT2D eigenvalue weighted by atomic mass is 16.3. The van der Waals surface area contributed by atoms with Crippen LogP contribution in [0.1, 0.15) is 53.9 Å². The van der Waals surface area contributed by atoms with Crippen molar-refractivity contribution in [3.8, 4) is 0 Å². The fourth-order valence-corrected chi connectivity index (χ4v) is 2.85. The van der Waals surface area contributed by atoms with E-state index >= 15 is 0 Å². The second-order valence-corrected chi connectivity index (χ2v) is 6.82. The van der Waals surface area contributed by atoms with E-state index in [1.807, 2.05) is 12.2 Å². The Bertz CT molecular complexity index is 540. The van der Waals surface area contributed by atoms with Crippen molar-refractivity contribution in [2.45, 2.75) is 53.9 Å². The van der Waals surface area contributed by atoms with Crippen LogP contribution in [-0.4, -0.2) is 16.8 Å². The van der Waals surface area contributed by atoms with Crippen LogP contribution in [0.2, 0.25) is 0 Å². The maximum absolute atomic E-state index is 9.39. The Morgan fingerprint density at radius 1 is 1.23 bits per heavy atom. The molecule has 0 saturated heterocycles. The fourth-order valence-electron chi connectivity index (χ4n) is 2.85. The predicted octanol–water partition coefficient (Wildman–Crippen LogP) is 5.40. The van der Waals surface area contributed by atoms with Crippen molar-refractivity contribution in [1.29, 1.82) is 0 Å². The molecule has 0 bridgehead atoms. The highest BCUT2D eigenvalue weighted by Gasteiger charge is 2.26. The summed E-state index contributed by atoms with van der Waals surface area (Å²) in [5, 5.41) is 18.2. The number of aliphatic hydroxyl groups excluding tert-OH is 2. The zero-order valence-electron chi connectivity index (χ0n) is 14.6. The first-order valence-electron chi connectivity index (χ1n) is 8.01. The molecule has 122 valence electrons. The number of aliphatic hydroxyl groups is 2. The molecule has 1 aliphatic rings. The molecule has 0 heterocycles. The summed E-state index contributed by atoms with van der Waals surface area (Å²) in [6, 6.07) is 0. The minimum absolute atomic E-state index is 0.0163. The highest BCUT2D eigenvalue weighted by Crippen LogP contribution is 2.40. The monoisotopic (exact) mass is 302 g/mol. The maximum Gasteiger partial charge on any atom is 0.121 e. The molecule has 0 saturated carbocycles. The first-order chi connectivity index (χ1) is 10.3. The van der Waals surface area contributed by atoms with Gasteiger partial charge < -0.3 is 10.2 Å². The first-order valence-corrected chi connectivity index (χ1v) is 8.01. The van der Waals surface area contributed by atoms with Gasteiger partial charge in [-0.3, -0.25) is 0 Å². The average Bonchev–Trinajstić information content (AvgIpc) is 2.45. The van der Waals surface area contributed by atoms with Gasteiger partial charge in [0.25, 0.3) is 0 Å². The van der Waals surface area contributed by atoms with Crippen LogP contribution >= 0.6 is 0 Å². The topological polar surface area (TPSA) is 40.5 Å². The summed E-state index contributed by atoms with van der Waals surface area (Å²) < 4.78 is 0. The average molecular weight is 302 g/mol. The van der Waals surface area contributed by atoms with Gasteiger partial charge in [-0.25, -0.2) is 0 Å². The van der Waals surface area contributed by atoms with Gasteiger partial charge >= 0.3 is 0 Å². The maximum atomic E-state index is 9.39. The van der Waals surface area contributed by atoms with Gasteiger partial charge in [-0.05, 0) is 56.6 Å². The highest BCUT2D eigenvalue weighted by molar-refractivity contribution is 5.37. The summed E-state index contributed by atoms with van der Waals surface area (Å²) >= 11 is 0. The lowest BCUT2D eigenvalue weighted by Crippen LogP contribution is -2.19. The van der Waals surface area contributed by atoms with Gasteiger partial charge in [0.1, 0.15) is 12.4 Å². The molecule has 0 aromatic carbocycles. The van der Waals surface area contributed by atoms with Crippen molar-refractivity contribution in [2.24, 2.45) is 5.41 Å². The quantitative estimate of drug-likeness (QED) is 0.527. The molecule has 0 fully saturated rings. The van der Waals surface area contributed by atoms with E-state index in [2.05, 4.69) is 39.8 Å². The minimum atomic E-state index is -0.318. The summed E-state index contributed by atoms with van der Waals surface area (Å²) in [4.78, 5) is 0. The van der Waals surface area contributed by atoms with Gasteiger partial charge in [0, 0.05) is 0 Å². The van der Waals surface area contributed by atoms with Crippen molar-refractivity contribution in [3.63, 3.8) is 0 Å². The molecule has 22 heavy (non-hydrogen) atoms. The van der Waals surface area contributed by atoms with E-state index in [4.69, 9.17) is 5.11 Å². The van der Waals surface area contributed by atoms with Crippen LogP contribution in [0.4, 0.5) is 0 Å². The number of hydrogen-bond acceptors (Lipinski definition) is 2. The molecule has 2 N–H and O–H groups in total. The van der Waals surface area contributed by atoms with Crippen LogP contribution < -0.4 is 0 Å². The van der Waals surface area contributed by atoms with E-state index in [1.54, 1.807) is 13.0 Å². The summed E-state index contributed by atoms with van der Waals surface area (Å²) in [6.45, 7) is 10.4. The van der Waals surface area contributed by atoms with Gasteiger partial charge in [-0.1, -0.05) is 55.4 Å². The molecule has 0 unspecified atom stereocenters. The van der Waals surface area contributed by atoms with Gasteiger partial charge in [-0.2, -0.15) is 0 Å². The molecule has 0 aromatic heterocycles. The molecule has 0 spiro atoms. The minimum Gasteiger partial charge on any atom is -0.510 e. The lowest BCUT2D eigenvalue weighted by molar-refractivity contribution is 0.251. The Morgan fingerprint density at radius 3 is 2.50 bits per heavy atom. The van der Waals surface area contributed by atoms with Crippen molar-refractivity contribution in [2.75, 3.05) is 6.61 Å². The van der Waals surface area contributed by atoms with Crippen LogP contribution in [0.15, 0.2) is 58.4 Å². The molecule has 2 heteroatoms. The molecule has 2 nitrogen and oxygen atoms in total. The number of hydrogen-bond donors (Lipinski definition) is 2. The molecule has 0 radical (unpaired) electrons. The van der Waals surface area contributed by atoms with E-state index in [0.717, 1.165) is 5.57 Å². The lowest BCUT2D eigenvalue weighted by atomic mass is 9.72. The summed E-state index contributed by atoms with van der Waals surface area (Å²) in [7, 11) is 0. The van der Waals surface area contributed by atoms with Crippen LogP contribution in [0.25, 0.3) is 0 Å². The molecule has 1 rings (SSSR count). The summed E-state index contributed by atoms with van der Waals surface area (Å²) in [5.41, 5.74) is 5.07. The van der Waals surface area contributed by atoms with Gasteiger partial charge in [0.05, 0.1) is 0 Å².